The smallest absolute Gasteiger partial charge is 0.252 e. The van der Waals surface area contributed by atoms with Gasteiger partial charge in [-0.25, -0.2) is 4.99 Å². The van der Waals surface area contributed by atoms with Crippen LogP contribution in [0.3, 0.4) is 0 Å². The van der Waals surface area contributed by atoms with Crippen molar-refractivity contribution in [1.82, 2.24) is 5.32 Å². The first kappa shape index (κ1) is 32.3. The van der Waals surface area contributed by atoms with Gasteiger partial charge in [-0.2, -0.15) is 0 Å². The molecule has 3 aromatic carbocycles. The number of hydrogen-bond donors (Lipinski definition) is 2. The highest BCUT2D eigenvalue weighted by atomic mass is 16.5. The van der Waals surface area contributed by atoms with Crippen LogP contribution < -0.4 is 14.8 Å². The van der Waals surface area contributed by atoms with E-state index in [1.165, 1.54) is 0 Å². The normalized spacial score (nSPS) is 17.4. The van der Waals surface area contributed by atoms with E-state index < -0.39 is 11.6 Å². The van der Waals surface area contributed by atoms with Gasteiger partial charge in [0.15, 0.2) is 11.6 Å². The Morgan fingerprint density at radius 2 is 1.89 bits per heavy atom. The number of nitrogens with one attached hydrogen (secondary N) is 1. The summed E-state index contributed by atoms with van der Waals surface area (Å²) in [5.41, 5.74) is 10.2. The van der Waals surface area contributed by atoms with Crippen LogP contribution in [0, 0.1) is 0 Å². The van der Waals surface area contributed by atoms with Crippen molar-refractivity contribution in [2.75, 3.05) is 33.5 Å². The Bertz CT molecular complexity index is 1470. The van der Waals surface area contributed by atoms with E-state index in [4.69, 9.17) is 29.0 Å². The van der Waals surface area contributed by atoms with Crippen molar-refractivity contribution < 1.29 is 28.8 Å². The topological polar surface area (TPSA) is 147 Å². The maximum absolute atomic E-state index is 14.3. The predicted molar refractivity (Wildman–Crippen MR) is 167 cm³/mol. The second kappa shape index (κ2) is 15.8. The highest BCUT2D eigenvalue weighted by Crippen LogP contribution is 2.44. The first-order chi connectivity index (χ1) is 21.4. The standard InChI is InChI=1S/C33H39N5O6/c1-23(2)42-19-7-17-35-32(40)33(22-26-9-4-5-12-29(26)37-38-34)30(25-10-6-11-28(21-25)41-3)44-31(36-33)24-13-15-27(16-14-24)43-20-8-18-39/h4-6,9-16,21,23,30,39H,7-8,17-20,22H2,1-3H3,(H,35,40)/t30-,33-/m1/s1. The van der Waals surface area contributed by atoms with Crippen LogP contribution in [0.15, 0.2) is 82.9 Å². The number of ether oxygens (including phenoxy) is 4. The fourth-order valence-corrected chi connectivity index (χ4v) is 4.93. The van der Waals surface area contributed by atoms with Crippen molar-refractivity contribution in [1.29, 1.82) is 0 Å². The SMILES string of the molecule is COc1cccc([C@H]2OC(c3ccc(OCCCO)cc3)=N[C@@]2(Cc2ccccc2N=[N+]=[N-])C(=O)NCCCOC(C)C)c1. The molecule has 11 heteroatoms. The van der Waals surface area contributed by atoms with Gasteiger partial charge in [-0.3, -0.25) is 4.79 Å². The summed E-state index contributed by atoms with van der Waals surface area (Å²) in [6, 6.07) is 21.7. The number of aliphatic hydroxyl groups is 1. The van der Waals surface area contributed by atoms with E-state index in [0.717, 1.165) is 0 Å². The molecule has 0 saturated carbocycles. The third-order valence-corrected chi connectivity index (χ3v) is 7.09. The van der Waals surface area contributed by atoms with E-state index >= 15 is 0 Å². The molecule has 232 valence electrons. The Labute approximate surface area is 257 Å². The van der Waals surface area contributed by atoms with E-state index in [1.54, 1.807) is 31.4 Å². The monoisotopic (exact) mass is 601 g/mol. The first-order valence-corrected chi connectivity index (χ1v) is 14.7. The molecule has 1 heterocycles. The molecule has 1 amide bonds. The van der Waals surface area contributed by atoms with Gasteiger partial charge in [0.1, 0.15) is 11.5 Å². The Hall–Kier alpha value is -4.57. The van der Waals surface area contributed by atoms with Crippen molar-refractivity contribution in [3.05, 3.63) is 99.9 Å². The first-order valence-electron chi connectivity index (χ1n) is 14.7. The quantitative estimate of drug-likeness (QED) is 0.0914. The molecule has 0 radical (unpaired) electrons. The zero-order valence-corrected chi connectivity index (χ0v) is 25.3. The van der Waals surface area contributed by atoms with E-state index in [-0.39, 0.29) is 25.0 Å². The summed E-state index contributed by atoms with van der Waals surface area (Å²) in [5, 5.41) is 16.0. The summed E-state index contributed by atoms with van der Waals surface area (Å²) in [6.07, 6.45) is 0.504. The molecule has 0 unspecified atom stereocenters. The molecule has 4 rings (SSSR count). The average Bonchev–Trinajstić information content (AvgIpc) is 3.42. The summed E-state index contributed by atoms with van der Waals surface area (Å²) < 4.78 is 23.4. The summed E-state index contributed by atoms with van der Waals surface area (Å²) in [6.45, 7) is 5.25. The Kier molecular flexibility index (Phi) is 11.6. The van der Waals surface area contributed by atoms with Gasteiger partial charge in [0.2, 0.25) is 5.90 Å². The molecule has 0 spiro atoms. The van der Waals surface area contributed by atoms with E-state index in [9.17, 15) is 10.3 Å². The van der Waals surface area contributed by atoms with E-state index in [2.05, 4.69) is 15.3 Å². The molecular formula is C33H39N5O6. The number of amides is 1. The molecule has 44 heavy (non-hydrogen) atoms. The fraction of sp³-hybridized carbons (Fsp3) is 0.394. The van der Waals surface area contributed by atoms with Gasteiger partial charge < -0.3 is 29.4 Å². The van der Waals surface area contributed by atoms with Crippen LogP contribution in [0.2, 0.25) is 0 Å². The molecule has 0 aromatic heterocycles. The maximum atomic E-state index is 14.3. The van der Waals surface area contributed by atoms with Gasteiger partial charge in [-0.05, 0) is 73.3 Å². The summed E-state index contributed by atoms with van der Waals surface area (Å²) in [7, 11) is 1.58. The zero-order valence-electron chi connectivity index (χ0n) is 25.3. The third kappa shape index (κ3) is 8.08. The van der Waals surface area contributed by atoms with E-state index in [1.807, 2.05) is 62.4 Å². The van der Waals surface area contributed by atoms with Gasteiger partial charge in [0.25, 0.3) is 5.91 Å². The number of carbonyl (C=O) groups excluding carboxylic acids is 1. The number of rotatable bonds is 16. The van der Waals surface area contributed by atoms with Crippen molar-refractivity contribution in [3.63, 3.8) is 0 Å². The molecule has 1 aliphatic rings. The number of hydrogen-bond acceptors (Lipinski definition) is 8. The number of methoxy groups -OCH3 is 1. The molecule has 11 nitrogen and oxygen atoms in total. The van der Waals surface area contributed by atoms with Gasteiger partial charge in [0, 0.05) is 48.8 Å². The predicted octanol–water partition coefficient (Wildman–Crippen LogP) is 5.83. The van der Waals surface area contributed by atoms with Crippen LogP contribution in [0.1, 0.15) is 49.5 Å². The summed E-state index contributed by atoms with van der Waals surface area (Å²) >= 11 is 0. The molecular weight excluding hydrogens is 562 g/mol. The lowest BCUT2D eigenvalue weighted by molar-refractivity contribution is -0.129. The molecule has 0 aliphatic carbocycles. The number of azide groups is 1. The Morgan fingerprint density at radius 3 is 2.61 bits per heavy atom. The highest BCUT2D eigenvalue weighted by molar-refractivity contribution is 6.01. The largest absolute Gasteiger partial charge is 0.497 e. The molecule has 0 bridgehead atoms. The minimum atomic E-state index is -1.46. The van der Waals surface area contributed by atoms with Gasteiger partial charge in [-0.15, -0.1) is 0 Å². The van der Waals surface area contributed by atoms with Crippen LogP contribution >= 0.6 is 0 Å². The zero-order chi connectivity index (χ0) is 31.4. The Balaban J connectivity index is 1.78. The molecule has 3 aromatic rings. The molecule has 0 saturated heterocycles. The second-order valence-electron chi connectivity index (χ2n) is 10.6. The minimum Gasteiger partial charge on any atom is -0.497 e. The molecule has 2 atom stereocenters. The van der Waals surface area contributed by atoms with Crippen molar-refractivity contribution in [2.24, 2.45) is 10.1 Å². The molecule has 2 N–H and O–H groups in total. The third-order valence-electron chi connectivity index (χ3n) is 7.09. The second-order valence-corrected chi connectivity index (χ2v) is 10.6. The highest BCUT2D eigenvalue weighted by Gasteiger charge is 2.53. The van der Waals surface area contributed by atoms with Crippen LogP contribution in [-0.2, 0) is 20.7 Å². The lowest BCUT2D eigenvalue weighted by Gasteiger charge is -2.31. The number of nitrogens with zero attached hydrogens (tertiary/aromatic N) is 4. The summed E-state index contributed by atoms with van der Waals surface area (Å²) in [5.74, 6) is 1.21. The van der Waals surface area contributed by atoms with Crippen LogP contribution in [0.4, 0.5) is 5.69 Å². The van der Waals surface area contributed by atoms with E-state index in [0.29, 0.717) is 72.4 Å². The number of aliphatic hydroxyl groups excluding tert-OH is 1. The molecule has 1 aliphatic heterocycles. The summed E-state index contributed by atoms with van der Waals surface area (Å²) in [4.78, 5) is 22.4. The van der Waals surface area contributed by atoms with Crippen molar-refractivity contribution >= 4 is 17.5 Å². The van der Waals surface area contributed by atoms with Gasteiger partial charge in [0.05, 0.1) is 19.8 Å². The van der Waals surface area contributed by atoms with Crippen molar-refractivity contribution in [3.8, 4) is 11.5 Å². The van der Waals surface area contributed by atoms with Crippen LogP contribution in [0.5, 0.6) is 11.5 Å². The van der Waals surface area contributed by atoms with Gasteiger partial charge >= 0.3 is 0 Å². The number of benzene rings is 3. The maximum Gasteiger partial charge on any atom is 0.252 e. The lowest BCUT2D eigenvalue weighted by atomic mass is 9.81. The molecule has 0 fully saturated rings. The average molecular weight is 602 g/mol. The minimum absolute atomic E-state index is 0.0477. The fourth-order valence-electron chi connectivity index (χ4n) is 4.93. The van der Waals surface area contributed by atoms with Gasteiger partial charge in [-0.1, -0.05) is 41.5 Å². The lowest BCUT2D eigenvalue weighted by Crippen LogP contribution is -2.50. The number of aliphatic imine (C=N–C) groups is 1. The number of carbonyl (C=O) groups is 1. The Morgan fingerprint density at radius 1 is 1.09 bits per heavy atom. The van der Waals surface area contributed by atoms with Crippen molar-refractivity contribution in [2.45, 2.75) is 50.9 Å². The van der Waals surface area contributed by atoms with Crippen LogP contribution in [0.25, 0.3) is 10.4 Å². The van der Waals surface area contributed by atoms with Crippen LogP contribution in [-0.4, -0.2) is 62.0 Å².